The fourth-order valence-electron chi connectivity index (χ4n) is 1.97. The zero-order valence-electron chi connectivity index (χ0n) is 7.76. The Morgan fingerprint density at radius 3 is 2.54 bits per heavy atom. The van der Waals surface area contributed by atoms with E-state index in [2.05, 4.69) is 27.7 Å². The van der Waals surface area contributed by atoms with Crippen LogP contribution in [0.2, 0.25) is 0 Å². The van der Waals surface area contributed by atoms with Crippen LogP contribution in [0.5, 0.6) is 0 Å². The molecule has 0 radical (unpaired) electrons. The van der Waals surface area contributed by atoms with Crippen LogP contribution in [0.25, 0.3) is 0 Å². The number of aryl methyl sites for hydroxylation is 1. The van der Waals surface area contributed by atoms with E-state index in [9.17, 15) is 0 Å². The van der Waals surface area contributed by atoms with Crippen LogP contribution in [-0.2, 0) is 0 Å². The Kier molecular flexibility index (Phi) is 2.49. The summed E-state index contributed by atoms with van der Waals surface area (Å²) >= 11 is 2.27. The SMILES string of the molecule is Cc1nn(C2CCCC2)c(N)c1I. The van der Waals surface area contributed by atoms with Gasteiger partial charge in [0.05, 0.1) is 15.3 Å². The summed E-state index contributed by atoms with van der Waals surface area (Å²) in [7, 11) is 0. The number of nitrogen functional groups attached to an aromatic ring is 1. The third kappa shape index (κ3) is 1.56. The zero-order chi connectivity index (χ0) is 9.42. The van der Waals surface area contributed by atoms with Gasteiger partial charge in [0.25, 0.3) is 0 Å². The molecule has 2 N–H and O–H groups in total. The van der Waals surface area contributed by atoms with Crippen LogP contribution in [-0.4, -0.2) is 9.78 Å². The van der Waals surface area contributed by atoms with Crippen LogP contribution >= 0.6 is 22.6 Å². The lowest BCUT2D eigenvalue weighted by Gasteiger charge is -2.11. The van der Waals surface area contributed by atoms with Gasteiger partial charge < -0.3 is 5.73 Å². The van der Waals surface area contributed by atoms with E-state index < -0.39 is 0 Å². The largest absolute Gasteiger partial charge is 0.383 e. The van der Waals surface area contributed by atoms with Crippen LogP contribution in [0.4, 0.5) is 5.82 Å². The van der Waals surface area contributed by atoms with Crippen molar-refractivity contribution in [3.8, 4) is 0 Å². The van der Waals surface area contributed by atoms with Gasteiger partial charge in [0.1, 0.15) is 5.82 Å². The molecule has 1 fully saturated rings. The summed E-state index contributed by atoms with van der Waals surface area (Å²) in [5, 5.41) is 4.48. The maximum absolute atomic E-state index is 5.98. The van der Waals surface area contributed by atoms with Gasteiger partial charge in [-0.2, -0.15) is 5.10 Å². The Morgan fingerprint density at radius 2 is 2.08 bits per heavy atom. The smallest absolute Gasteiger partial charge is 0.135 e. The molecule has 0 spiro atoms. The van der Waals surface area contributed by atoms with Gasteiger partial charge >= 0.3 is 0 Å². The van der Waals surface area contributed by atoms with Crippen molar-refractivity contribution < 1.29 is 0 Å². The van der Waals surface area contributed by atoms with Gasteiger partial charge in [-0.15, -0.1) is 0 Å². The highest BCUT2D eigenvalue weighted by Crippen LogP contribution is 2.32. The molecule has 1 aromatic rings. The molecule has 1 aromatic heterocycles. The molecule has 0 amide bonds. The highest BCUT2D eigenvalue weighted by molar-refractivity contribution is 14.1. The molecule has 1 heterocycles. The van der Waals surface area contributed by atoms with Crippen LogP contribution < -0.4 is 5.73 Å². The summed E-state index contributed by atoms with van der Waals surface area (Å²) < 4.78 is 3.13. The second kappa shape index (κ2) is 3.48. The lowest BCUT2D eigenvalue weighted by molar-refractivity contribution is 0.471. The normalized spacial score (nSPS) is 18.3. The number of hydrogen-bond acceptors (Lipinski definition) is 2. The van der Waals surface area contributed by atoms with Crippen LogP contribution in [0.15, 0.2) is 0 Å². The Bertz CT molecular complexity index is 313. The molecule has 0 bridgehead atoms. The standard InChI is InChI=1S/C9H14IN3/c1-6-8(10)9(11)13(12-6)7-4-2-3-5-7/h7H,2-5,11H2,1H3. The number of halogens is 1. The lowest BCUT2D eigenvalue weighted by atomic mass is 10.2. The molecule has 1 aliphatic rings. The quantitative estimate of drug-likeness (QED) is 0.808. The van der Waals surface area contributed by atoms with Crippen molar-refractivity contribution in [3.63, 3.8) is 0 Å². The number of nitrogens with two attached hydrogens (primary N) is 1. The highest BCUT2D eigenvalue weighted by atomic mass is 127. The first-order chi connectivity index (χ1) is 6.20. The molecular formula is C9H14IN3. The monoisotopic (exact) mass is 291 g/mol. The van der Waals surface area contributed by atoms with Crippen molar-refractivity contribution in [3.05, 3.63) is 9.26 Å². The summed E-state index contributed by atoms with van der Waals surface area (Å²) in [5.41, 5.74) is 7.04. The van der Waals surface area contributed by atoms with E-state index >= 15 is 0 Å². The molecule has 0 unspecified atom stereocenters. The van der Waals surface area contributed by atoms with Gasteiger partial charge in [-0.1, -0.05) is 12.8 Å². The van der Waals surface area contributed by atoms with E-state index in [4.69, 9.17) is 5.73 Å². The minimum absolute atomic E-state index is 0.558. The minimum atomic E-state index is 0.558. The number of aromatic nitrogens is 2. The van der Waals surface area contributed by atoms with Gasteiger partial charge in [0.15, 0.2) is 0 Å². The van der Waals surface area contributed by atoms with Crippen molar-refractivity contribution >= 4 is 28.4 Å². The van der Waals surface area contributed by atoms with E-state index in [-0.39, 0.29) is 0 Å². The fraction of sp³-hybridized carbons (Fsp3) is 0.667. The topological polar surface area (TPSA) is 43.8 Å². The molecule has 0 saturated heterocycles. The molecule has 13 heavy (non-hydrogen) atoms. The zero-order valence-corrected chi connectivity index (χ0v) is 9.91. The number of nitrogens with zero attached hydrogens (tertiary/aromatic N) is 2. The maximum atomic E-state index is 5.98. The minimum Gasteiger partial charge on any atom is -0.383 e. The molecule has 3 nitrogen and oxygen atoms in total. The van der Waals surface area contributed by atoms with Crippen molar-refractivity contribution in [2.45, 2.75) is 38.6 Å². The number of rotatable bonds is 1. The highest BCUT2D eigenvalue weighted by Gasteiger charge is 2.21. The van der Waals surface area contributed by atoms with E-state index in [1.807, 2.05) is 11.6 Å². The summed E-state index contributed by atoms with van der Waals surface area (Å²) in [6.45, 7) is 2.02. The van der Waals surface area contributed by atoms with E-state index in [0.29, 0.717) is 6.04 Å². The van der Waals surface area contributed by atoms with Gasteiger partial charge in [0.2, 0.25) is 0 Å². The second-order valence-electron chi connectivity index (χ2n) is 3.67. The Hall–Kier alpha value is -0.260. The van der Waals surface area contributed by atoms with Crippen molar-refractivity contribution in [1.29, 1.82) is 0 Å². The third-order valence-corrected chi connectivity index (χ3v) is 4.05. The number of anilines is 1. The predicted molar refractivity (Wildman–Crippen MR) is 61.6 cm³/mol. The molecule has 1 saturated carbocycles. The first kappa shape index (κ1) is 9.30. The van der Waals surface area contributed by atoms with Crippen molar-refractivity contribution in [2.24, 2.45) is 0 Å². The molecular weight excluding hydrogens is 277 g/mol. The molecule has 0 aliphatic heterocycles. The van der Waals surface area contributed by atoms with Gasteiger partial charge in [-0.05, 0) is 42.4 Å². The maximum Gasteiger partial charge on any atom is 0.135 e. The van der Waals surface area contributed by atoms with Crippen LogP contribution in [0, 0.1) is 10.5 Å². The Balaban J connectivity index is 2.34. The van der Waals surface area contributed by atoms with E-state index in [1.54, 1.807) is 0 Å². The fourth-order valence-corrected chi connectivity index (χ4v) is 2.33. The van der Waals surface area contributed by atoms with Gasteiger partial charge in [-0.3, -0.25) is 0 Å². The first-order valence-corrected chi connectivity index (χ1v) is 5.78. The van der Waals surface area contributed by atoms with Crippen molar-refractivity contribution in [1.82, 2.24) is 9.78 Å². The van der Waals surface area contributed by atoms with E-state index in [0.717, 1.165) is 15.1 Å². The second-order valence-corrected chi connectivity index (χ2v) is 4.75. The van der Waals surface area contributed by atoms with Crippen LogP contribution in [0.3, 0.4) is 0 Å². The molecule has 0 aromatic carbocycles. The average Bonchev–Trinajstić information content (AvgIpc) is 2.70. The predicted octanol–water partition coefficient (Wildman–Crippen LogP) is 2.49. The van der Waals surface area contributed by atoms with Gasteiger partial charge in [0, 0.05) is 0 Å². The molecule has 0 atom stereocenters. The summed E-state index contributed by atoms with van der Waals surface area (Å²) in [5.74, 6) is 0.852. The lowest BCUT2D eigenvalue weighted by Crippen LogP contribution is -2.10. The molecule has 2 rings (SSSR count). The van der Waals surface area contributed by atoms with Gasteiger partial charge in [-0.25, -0.2) is 4.68 Å². The average molecular weight is 291 g/mol. The summed E-state index contributed by atoms with van der Waals surface area (Å²) in [6.07, 6.45) is 5.11. The molecule has 1 aliphatic carbocycles. The molecule has 72 valence electrons. The van der Waals surface area contributed by atoms with E-state index in [1.165, 1.54) is 25.7 Å². The Labute approximate surface area is 91.8 Å². The molecule has 4 heteroatoms. The third-order valence-electron chi connectivity index (χ3n) is 2.72. The Morgan fingerprint density at radius 1 is 1.46 bits per heavy atom. The van der Waals surface area contributed by atoms with Crippen LogP contribution in [0.1, 0.15) is 37.4 Å². The summed E-state index contributed by atoms with van der Waals surface area (Å²) in [4.78, 5) is 0. The number of hydrogen-bond donors (Lipinski definition) is 1. The first-order valence-electron chi connectivity index (χ1n) is 4.70. The summed E-state index contributed by atoms with van der Waals surface area (Å²) in [6, 6.07) is 0.558. The van der Waals surface area contributed by atoms with Crippen molar-refractivity contribution in [2.75, 3.05) is 5.73 Å².